The van der Waals surface area contributed by atoms with Crippen molar-refractivity contribution >= 4 is 45.0 Å². The van der Waals surface area contributed by atoms with Gasteiger partial charge in [0.2, 0.25) is 5.91 Å². The standard InChI is InChI=1S/C18H21ClN2O2S/c1-20-18(23)11(6-8-22)9-16-13-10-21(2)7-5-12-14(19)3-4-15(24-16)17(12)13/h3-4,9,22H,5-8,10H2,1-2H3,(H,20,23). The number of nitrogens with one attached hydrogen (secondary N) is 1. The van der Waals surface area contributed by atoms with E-state index in [1.807, 2.05) is 12.1 Å². The van der Waals surface area contributed by atoms with E-state index in [1.165, 1.54) is 21.2 Å². The molecule has 3 rings (SSSR count). The molecule has 0 fully saturated rings. The number of hydrogen-bond donors (Lipinski definition) is 2. The second kappa shape index (κ2) is 7.23. The SMILES string of the molecule is CNC(=O)C(=Cc1sc2ccc(Cl)c3c2c1CN(C)CC3)CCO. The zero-order valence-corrected chi connectivity index (χ0v) is 15.4. The first-order valence-electron chi connectivity index (χ1n) is 8.00. The number of benzene rings is 1. The van der Waals surface area contributed by atoms with E-state index in [0.717, 1.165) is 29.4 Å². The number of nitrogens with zero attached hydrogens (tertiary/aromatic N) is 1. The lowest BCUT2D eigenvalue weighted by Crippen LogP contribution is -2.21. The summed E-state index contributed by atoms with van der Waals surface area (Å²) in [6, 6.07) is 4.02. The number of carbonyl (C=O) groups is 1. The number of aliphatic hydroxyl groups is 1. The first-order chi connectivity index (χ1) is 11.5. The minimum atomic E-state index is -0.145. The van der Waals surface area contributed by atoms with Crippen LogP contribution in [0.3, 0.4) is 0 Å². The Balaban J connectivity index is 2.20. The molecule has 1 aliphatic heterocycles. The third kappa shape index (κ3) is 3.22. The van der Waals surface area contributed by atoms with Crippen molar-refractivity contribution in [3.8, 4) is 0 Å². The van der Waals surface area contributed by atoms with Crippen LogP contribution >= 0.6 is 22.9 Å². The summed E-state index contributed by atoms with van der Waals surface area (Å²) in [5, 5.41) is 14.0. The molecule has 2 aromatic rings. The summed E-state index contributed by atoms with van der Waals surface area (Å²) in [5.41, 5.74) is 3.03. The summed E-state index contributed by atoms with van der Waals surface area (Å²) in [6.45, 7) is 1.75. The summed E-state index contributed by atoms with van der Waals surface area (Å²) < 4.78 is 1.20. The predicted octanol–water partition coefficient (Wildman–Crippen LogP) is 3.05. The third-order valence-corrected chi connectivity index (χ3v) is 5.91. The second-order valence-electron chi connectivity index (χ2n) is 6.05. The van der Waals surface area contributed by atoms with Crippen LogP contribution in [0.25, 0.3) is 16.2 Å². The second-order valence-corrected chi connectivity index (χ2v) is 7.55. The zero-order chi connectivity index (χ0) is 17.3. The molecule has 0 aliphatic carbocycles. The molecule has 1 aliphatic rings. The van der Waals surface area contributed by atoms with Crippen LogP contribution in [0.15, 0.2) is 17.7 Å². The lowest BCUT2D eigenvalue weighted by Gasteiger charge is -2.13. The lowest BCUT2D eigenvalue weighted by molar-refractivity contribution is -0.117. The number of amides is 1. The average Bonchev–Trinajstić information content (AvgIpc) is 2.79. The maximum atomic E-state index is 12.1. The topological polar surface area (TPSA) is 52.6 Å². The van der Waals surface area contributed by atoms with E-state index in [2.05, 4.69) is 23.3 Å². The van der Waals surface area contributed by atoms with Crippen LogP contribution in [-0.4, -0.2) is 43.2 Å². The number of likely N-dealkylation sites (N-methyl/N-ethyl adjacent to an activating group) is 2. The number of rotatable bonds is 4. The maximum Gasteiger partial charge on any atom is 0.247 e. The molecular weight excluding hydrogens is 344 g/mol. The Morgan fingerprint density at radius 2 is 2.25 bits per heavy atom. The van der Waals surface area contributed by atoms with Crippen molar-refractivity contribution in [1.29, 1.82) is 0 Å². The molecule has 4 nitrogen and oxygen atoms in total. The van der Waals surface area contributed by atoms with E-state index in [1.54, 1.807) is 18.4 Å². The minimum Gasteiger partial charge on any atom is -0.396 e. The Labute approximate surface area is 150 Å². The van der Waals surface area contributed by atoms with Crippen molar-refractivity contribution < 1.29 is 9.90 Å². The van der Waals surface area contributed by atoms with Crippen LogP contribution in [0.2, 0.25) is 5.02 Å². The van der Waals surface area contributed by atoms with E-state index < -0.39 is 0 Å². The van der Waals surface area contributed by atoms with Crippen LogP contribution in [0.4, 0.5) is 0 Å². The Hall–Kier alpha value is -1.40. The van der Waals surface area contributed by atoms with Gasteiger partial charge in [0.15, 0.2) is 0 Å². The van der Waals surface area contributed by atoms with Crippen molar-refractivity contribution in [3.63, 3.8) is 0 Å². The highest BCUT2D eigenvalue weighted by Crippen LogP contribution is 2.40. The summed E-state index contributed by atoms with van der Waals surface area (Å²) in [6.07, 6.45) is 3.20. The van der Waals surface area contributed by atoms with Gasteiger partial charge in [-0.1, -0.05) is 11.6 Å². The monoisotopic (exact) mass is 364 g/mol. The number of aliphatic hydroxyl groups excluding tert-OH is 1. The Morgan fingerprint density at radius 3 is 2.96 bits per heavy atom. The van der Waals surface area contributed by atoms with E-state index >= 15 is 0 Å². The van der Waals surface area contributed by atoms with Gasteiger partial charge in [-0.3, -0.25) is 4.79 Å². The number of thiophene rings is 1. The molecule has 1 aromatic heterocycles. The van der Waals surface area contributed by atoms with Gasteiger partial charge in [0.05, 0.1) is 0 Å². The van der Waals surface area contributed by atoms with Gasteiger partial charge in [0.1, 0.15) is 0 Å². The molecule has 0 radical (unpaired) electrons. The van der Waals surface area contributed by atoms with Crippen LogP contribution in [0, 0.1) is 0 Å². The van der Waals surface area contributed by atoms with Crippen LogP contribution in [-0.2, 0) is 17.8 Å². The van der Waals surface area contributed by atoms with Crippen molar-refractivity contribution in [2.24, 2.45) is 0 Å². The van der Waals surface area contributed by atoms with E-state index in [4.69, 9.17) is 11.6 Å². The molecule has 24 heavy (non-hydrogen) atoms. The number of carbonyl (C=O) groups excluding carboxylic acids is 1. The summed E-state index contributed by atoms with van der Waals surface area (Å²) in [4.78, 5) is 15.4. The minimum absolute atomic E-state index is 0.0452. The molecule has 0 unspecified atom stereocenters. The summed E-state index contributed by atoms with van der Waals surface area (Å²) in [5.74, 6) is -0.145. The Kier molecular flexibility index (Phi) is 5.25. The van der Waals surface area contributed by atoms with Gasteiger partial charge in [0.25, 0.3) is 0 Å². The maximum absolute atomic E-state index is 12.1. The quantitative estimate of drug-likeness (QED) is 0.820. The molecule has 2 heterocycles. The highest BCUT2D eigenvalue weighted by Gasteiger charge is 2.22. The van der Waals surface area contributed by atoms with Crippen LogP contribution in [0.1, 0.15) is 22.4 Å². The third-order valence-electron chi connectivity index (χ3n) is 4.41. The molecule has 0 spiro atoms. The Morgan fingerprint density at radius 1 is 1.46 bits per heavy atom. The molecule has 128 valence electrons. The molecular formula is C18H21ClN2O2S. The molecule has 1 aromatic carbocycles. The molecule has 6 heteroatoms. The smallest absolute Gasteiger partial charge is 0.247 e. The highest BCUT2D eigenvalue weighted by atomic mass is 35.5. The van der Waals surface area contributed by atoms with Gasteiger partial charge in [-0.25, -0.2) is 0 Å². The fourth-order valence-electron chi connectivity index (χ4n) is 3.18. The molecule has 2 N–H and O–H groups in total. The predicted molar refractivity (Wildman–Crippen MR) is 101 cm³/mol. The first-order valence-corrected chi connectivity index (χ1v) is 9.19. The van der Waals surface area contributed by atoms with Gasteiger partial charge in [-0.05, 0) is 42.8 Å². The molecule has 0 bridgehead atoms. The van der Waals surface area contributed by atoms with Gasteiger partial charge >= 0.3 is 0 Å². The van der Waals surface area contributed by atoms with Gasteiger partial charge in [-0.2, -0.15) is 0 Å². The number of halogens is 1. The van der Waals surface area contributed by atoms with Crippen molar-refractivity contribution in [2.45, 2.75) is 19.4 Å². The molecule has 0 atom stereocenters. The molecule has 1 amide bonds. The van der Waals surface area contributed by atoms with E-state index in [0.29, 0.717) is 12.0 Å². The lowest BCUT2D eigenvalue weighted by atomic mass is 10.0. The summed E-state index contributed by atoms with van der Waals surface area (Å²) in [7, 11) is 3.71. The van der Waals surface area contributed by atoms with Crippen molar-refractivity contribution in [2.75, 3.05) is 27.2 Å². The Bertz CT molecular complexity index is 813. The van der Waals surface area contributed by atoms with Crippen LogP contribution < -0.4 is 5.32 Å². The molecule has 0 saturated carbocycles. The van der Waals surface area contributed by atoms with Crippen molar-refractivity contribution in [3.05, 3.63) is 38.7 Å². The van der Waals surface area contributed by atoms with Crippen molar-refractivity contribution in [1.82, 2.24) is 10.2 Å². The largest absolute Gasteiger partial charge is 0.396 e. The van der Waals surface area contributed by atoms with Gasteiger partial charge in [0, 0.05) is 58.7 Å². The average molecular weight is 365 g/mol. The first kappa shape index (κ1) is 17.4. The van der Waals surface area contributed by atoms with Gasteiger partial charge < -0.3 is 15.3 Å². The highest BCUT2D eigenvalue weighted by molar-refractivity contribution is 7.20. The van der Waals surface area contributed by atoms with E-state index in [-0.39, 0.29) is 12.5 Å². The normalized spacial score (nSPS) is 15.6. The van der Waals surface area contributed by atoms with Crippen LogP contribution in [0.5, 0.6) is 0 Å². The van der Waals surface area contributed by atoms with E-state index in [9.17, 15) is 9.90 Å². The fraction of sp³-hybridized carbons (Fsp3) is 0.389. The number of hydrogen-bond acceptors (Lipinski definition) is 4. The fourth-order valence-corrected chi connectivity index (χ4v) is 4.64. The zero-order valence-electron chi connectivity index (χ0n) is 13.9. The molecule has 0 saturated heterocycles. The summed E-state index contributed by atoms with van der Waals surface area (Å²) >= 11 is 8.12. The van der Waals surface area contributed by atoms with Gasteiger partial charge in [-0.15, -0.1) is 11.3 Å².